The summed E-state index contributed by atoms with van der Waals surface area (Å²) in [5, 5.41) is 0. The number of benzene rings is 2. The minimum absolute atomic E-state index is 0.0258. The highest BCUT2D eigenvalue weighted by Crippen LogP contribution is 2.13. The van der Waals surface area contributed by atoms with Crippen LogP contribution in [-0.4, -0.2) is 57.8 Å². The van der Waals surface area contributed by atoms with E-state index >= 15 is 0 Å². The molecule has 1 unspecified atom stereocenters. The van der Waals surface area contributed by atoms with Gasteiger partial charge in [0.1, 0.15) is 11.6 Å². The standard InChI is InChI=1S/C20H20BrFN2O3S/c21-17-5-1-15(2-6-17)13-28(27)14-19(25)23-9-11-24(12-10-23)20(26)16-3-7-18(22)8-4-16/h1-8H,9-14H2. The predicted molar refractivity (Wildman–Crippen MR) is 110 cm³/mol. The molecule has 0 bridgehead atoms. The first-order valence-electron chi connectivity index (χ1n) is 8.84. The molecule has 28 heavy (non-hydrogen) atoms. The molecule has 0 saturated carbocycles. The minimum atomic E-state index is -1.28. The maximum absolute atomic E-state index is 13.0. The summed E-state index contributed by atoms with van der Waals surface area (Å²) in [5.41, 5.74) is 1.35. The van der Waals surface area contributed by atoms with Crippen molar-refractivity contribution in [3.05, 3.63) is 69.9 Å². The summed E-state index contributed by atoms with van der Waals surface area (Å²) < 4.78 is 26.2. The molecule has 0 radical (unpaired) electrons. The number of hydrogen-bond acceptors (Lipinski definition) is 3. The van der Waals surface area contributed by atoms with Crippen molar-refractivity contribution in [2.45, 2.75) is 5.75 Å². The topological polar surface area (TPSA) is 57.7 Å². The first-order valence-corrected chi connectivity index (χ1v) is 11.1. The Bertz CT molecular complexity index is 866. The molecule has 1 aliphatic heterocycles. The fourth-order valence-corrected chi connectivity index (χ4v) is 4.37. The highest BCUT2D eigenvalue weighted by atomic mass is 79.9. The minimum Gasteiger partial charge on any atom is -0.338 e. The molecule has 5 nitrogen and oxygen atoms in total. The Morgan fingerprint density at radius 3 is 2.11 bits per heavy atom. The summed E-state index contributed by atoms with van der Waals surface area (Å²) in [6.45, 7) is 1.62. The SMILES string of the molecule is O=C(CS(=O)Cc1ccc(Br)cc1)N1CCN(C(=O)c2ccc(F)cc2)CC1. The molecule has 1 saturated heterocycles. The van der Waals surface area contributed by atoms with E-state index in [2.05, 4.69) is 15.9 Å². The van der Waals surface area contributed by atoms with Gasteiger partial charge in [0, 0.05) is 52.8 Å². The Balaban J connectivity index is 1.48. The Morgan fingerprint density at radius 1 is 0.929 bits per heavy atom. The van der Waals surface area contributed by atoms with Crippen molar-refractivity contribution in [1.82, 2.24) is 9.80 Å². The predicted octanol–water partition coefficient (Wildman–Crippen LogP) is 2.82. The lowest BCUT2D eigenvalue weighted by atomic mass is 10.2. The van der Waals surface area contributed by atoms with E-state index in [4.69, 9.17) is 0 Å². The zero-order valence-electron chi connectivity index (χ0n) is 15.1. The van der Waals surface area contributed by atoms with Gasteiger partial charge in [-0.2, -0.15) is 0 Å². The van der Waals surface area contributed by atoms with Crippen molar-refractivity contribution in [3.63, 3.8) is 0 Å². The van der Waals surface area contributed by atoms with Crippen LogP contribution in [0.1, 0.15) is 15.9 Å². The molecule has 3 rings (SSSR count). The number of carbonyl (C=O) groups is 2. The van der Waals surface area contributed by atoms with Crippen LogP contribution in [0.3, 0.4) is 0 Å². The molecule has 1 fully saturated rings. The van der Waals surface area contributed by atoms with E-state index < -0.39 is 10.8 Å². The third-order valence-corrected chi connectivity index (χ3v) is 6.29. The van der Waals surface area contributed by atoms with Gasteiger partial charge in [-0.25, -0.2) is 4.39 Å². The zero-order chi connectivity index (χ0) is 20.1. The van der Waals surface area contributed by atoms with E-state index in [0.29, 0.717) is 37.5 Å². The van der Waals surface area contributed by atoms with E-state index in [1.54, 1.807) is 9.80 Å². The summed E-state index contributed by atoms with van der Waals surface area (Å²) in [6.07, 6.45) is 0. The maximum atomic E-state index is 13.0. The van der Waals surface area contributed by atoms with E-state index in [9.17, 15) is 18.2 Å². The second kappa shape index (κ2) is 9.43. The molecule has 1 atom stereocenters. The van der Waals surface area contributed by atoms with Gasteiger partial charge in [0.2, 0.25) is 5.91 Å². The number of halogens is 2. The molecule has 0 N–H and O–H groups in total. The fraction of sp³-hybridized carbons (Fsp3) is 0.300. The molecule has 2 aromatic carbocycles. The molecule has 1 aliphatic rings. The number of amides is 2. The van der Waals surface area contributed by atoms with E-state index in [0.717, 1.165) is 10.0 Å². The van der Waals surface area contributed by atoms with Gasteiger partial charge in [-0.1, -0.05) is 28.1 Å². The van der Waals surface area contributed by atoms with Gasteiger partial charge < -0.3 is 9.80 Å². The lowest BCUT2D eigenvalue weighted by molar-refractivity contribution is -0.129. The van der Waals surface area contributed by atoms with E-state index in [1.165, 1.54) is 24.3 Å². The molecule has 8 heteroatoms. The summed E-state index contributed by atoms with van der Waals surface area (Å²) in [5.74, 6) is -0.414. The second-order valence-corrected chi connectivity index (χ2v) is 8.91. The molecular weight excluding hydrogens is 447 g/mol. The average molecular weight is 467 g/mol. The monoisotopic (exact) mass is 466 g/mol. The summed E-state index contributed by atoms with van der Waals surface area (Å²) in [4.78, 5) is 28.2. The number of rotatable bonds is 5. The molecule has 1 heterocycles. The Hall–Kier alpha value is -2.06. The van der Waals surface area contributed by atoms with Crippen molar-refractivity contribution in [3.8, 4) is 0 Å². The van der Waals surface area contributed by atoms with Gasteiger partial charge >= 0.3 is 0 Å². The van der Waals surface area contributed by atoms with Gasteiger partial charge in [0.15, 0.2) is 0 Å². The van der Waals surface area contributed by atoms with Crippen LogP contribution >= 0.6 is 15.9 Å². The van der Waals surface area contributed by atoms with Gasteiger partial charge in [0.25, 0.3) is 5.91 Å². The fourth-order valence-electron chi connectivity index (χ4n) is 2.98. The molecule has 148 valence electrons. The normalized spacial score (nSPS) is 15.4. The lowest BCUT2D eigenvalue weighted by Crippen LogP contribution is -2.51. The van der Waals surface area contributed by atoms with Crippen LogP contribution in [0.4, 0.5) is 4.39 Å². The summed E-state index contributed by atoms with van der Waals surface area (Å²) >= 11 is 3.36. The van der Waals surface area contributed by atoms with Crippen molar-refractivity contribution in [2.24, 2.45) is 0 Å². The van der Waals surface area contributed by atoms with E-state index in [1.807, 2.05) is 24.3 Å². The Morgan fingerprint density at radius 2 is 1.50 bits per heavy atom. The van der Waals surface area contributed by atoms with Crippen LogP contribution in [0.5, 0.6) is 0 Å². The molecule has 2 amide bonds. The highest BCUT2D eigenvalue weighted by Gasteiger charge is 2.25. The zero-order valence-corrected chi connectivity index (χ0v) is 17.5. The van der Waals surface area contributed by atoms with Crippen molar-refractivity contribution < 1.29 is 18.2 Å². The average Bonchev–Trinajstić information content (AvgIpc) is 2.70. The smallest absolute Gasteiger partial charge is 0.253 e. The van der Waals surface area contributed by atoms with Crippen LogP contribution in [0, 0.1) is 5.82 Å². The van der Waals surface area contributed by atoms with Crippen molar-refractivity contribution in [1.29, 1.82) is 0 Å². The number of piperazine rings is 1. The van der Waals surface area contributed by atoms with E-state index in [-0.39, 0.29) is 23.4 Å². The van der Waals surface area contributed by atoms with Crippen molar-refractivity contribution >= 4 is 38.5 Å². The van der Waals surface area contributed by atoms with Gasteiger partial charge in [-0.3, -0.25) is 13.8 Å². The Labute approximate surface area is 174 Å². The maximum Gasteiger partial charge on any atom is 0.253 e. The quantitative estimate of drug-likeness (QED) is 0.680. The summed E-state index contributed by atoms with van der Waals surface area (Å²) in [7, 11) is -1.28. The van der Waals surface area contributed by atoms with Gasteiger partial charge in [-0.05, 0) is 42.0 Å². The number of hydrogen-bond donors (Lipinski definition) is 0. The molecular formula is C20H20BrFN2O3S. The molecule has 0 aliphatic carbocycles. The van der Waals surface area contributed by atoms with Crippen LogP contribution in [0.25, 0.3) is 0 Å². The summed E-state index contributed by atoms with van der Waals surface area (Å²) in [6, 6.07) is 13.0. The molecule has 0 aromatic heterocycles. The first kappa shape index (κ1) is 20.7. The lowest BCUT2D eigenvalue weighted by Gasteiger charge is -2.34. The third-order valence-electron chi connectivity index (χ3n) is 4.54. The van der Waals surface area contributed by atoms with Crippen molar-refractivity contribution in [2.75, 3.05) is 31.9 Å². The number of carbonyl (C=O) groups excluding carboxylic acids is 2. The van der Waals surface area contributed by atoms with Crippen LogP contribution in [0.2, 0.25) is 0 Å². The van der Waals surface area contributed by atoms with Crippen LogP contribution in [-0.2, 0) is 21.3 Å². The third kappa shape index (κ3) is 5.48. The second-order valence-electron chi connectivity index (χ2n) is 6.53. The van der Waals surface area contributed by atoms with Crippen LogP contribution < -0.4 is 0 Å². The Kier molecular flexibility index (Phi) is 6.96. The van der Waals surface area contributed by atoms with Gasteiger partial charge in [-0.15, -0.1) is 0 Å². The highest BCUT2D eigenvalue weighted by molar-refractivity contribution is 9.10. The van der Waals surface area contributed by atoms with Gasteiger partial charge in [0.05, 0.1) is 0 Å². The van der Waals surface area contributed by atoms with Crippen LogP contribution in [0.15, 0.2) is 53.0 Å². The molecule has 0 spiro atoms. The number of nitrogens with zero attached hydrogens (tertiary/aromatic N) is 2. The largest absolute Gasteiger partial charge is 0.338 e. The first-order chi connectivity index (χ1) is 13.4. The molecule has 2 aromatic rings.